The van der Waals surface area contributed by atoms with Gasteiger partial charge in [-0.25, -0.2) is 0 Å². The maximum atomic E-state index is 12.0. The first kappa shape index (κ1) is 19.9. The fourth-order valence-corrected chi connectivity index (χ4v) is 1.87. The third-order valence-corrected chi connectivity index (χ3v) is 2.94. The Bertz CT molecular complexity index is 319. The number of methoxy groups -OCH3 is 1. The van der Waals surface area contributed by atoms with Gasteiger partial charge in [0.15, 0.2) is 0 Å². The van der Waals surface area contributed by atoms with Gasteiger partial charge in [-0.15, -0.1) is 0 Å². The number of amides is 2. The van der Waals surface area contributed by atoms with Crippen molar-refractivity contribution in [1.29, 1.82) is 0 Å². The van der Waals surface area contributed by atoms with Crippen LogP contribution in [0.2, 0.25) is 0 Å². The maximum absolute atomic E-state index is 12.0. The predicted molar refractivity (Wildman–Crippen MR) is 84.0 cm³/mol. The van der Waals surface area contributed by atoms with E-state index in [1.165, 1.54) is 0 Å². The first-order chi connectivity index (χ1) is 9.77. The molecule has 0 saturated carbocycles. The third-order valence-electron chi connectivity index (χ3n) is 2.94. The number of hydrogen-bond acceptors (Lipinski definition) is 4. The lowest BCUT2D eigenvalue weighted by molar-refractivity contribution is -0.131. The van der Waals surface area contributed by atoms with Gasteiger partial charge >= 0.3 is 0 Å². The first-order valence-corrected chi connectivity index (χ1v) is 7.54. The summed E-state index contributed by atoms with van der Waals surface area (Å²) < 4.78 is 5.05. The standard InChI is InChI=1S/C15H31N3O3/c1-11(2)9-14(19)18(5)8-7-16-15(20)13(10-21-6)17-12(3)4/h11-13,17H,7-10H2,1-6H3,(H,16,20)/t13-/m0/s1. The van der Waals surface area contributed by atoms with Gasteiger partial charge in [-0.3, -0.25) is 9.59 Å². The van der Waals surface area contributed by atoms with Crippen molar-refractivity contribution < 1.29 is 14.3 Å². The Morgan fingerprint density at radius 1 is 1.19 bits per heavy atom. The summed E-state index contributed by atoms with van der Waals surface area (Å²) in [6.07, 6.45) is 0.533. The van der Waals surface area contributed by atoms with Gasteiger partial charge in [-0.2, -0.15) is 0 Å². The number of carbonyl (C=O) groups excluding carboxylic acids is 2. The zero-order valence-corrected chi connectivity index (χ0v) is 14.2. The molecule has 0 aliphatic heterocycles. The highest BCUT2D eigenvalue weighted by molar-refractivity contribution is 5.82. The van der Waals surface area contributed by atoms with Crippen LogP contribution < -0.4 is 10.6 Å². The van der Waals surface area contributed by atoms with Gasteiger partial charge in [0.1, 0.15) is 6.04 Å². The normalized spacial score (nSPS) is 12.6. The van der Waals surface area contributed by atoms with Crippen molar-refractivity contribution in [2.45, 2.75) is 46.2 Å². The Balaban J connectivity index is 4.13. The van der Waals surface area contributed by atoms with Gasteiger partial charge in [-0.05, 0) is 5.92 Å². The number of hydrogen-bond donors (Lipinski definition) is 2. The molecule has 0 rings (SSSR count). The largest absolute Gasteiger partial charge is 0.383 e. The average Bonchev–Trinajstić information content (AvgIpc) is 2.36. The van der Waals surface area contributed by atoms with Gasteiger partial charge in [0, 0.05) is 39.7 Å². The number of likely N-dealkylation sites (N-methyl/N-ethyl adjacent to an activating group) is 1. The minimum atomic E-state index is -0.369. The van der Waals surface area contributed by atoms with Crippen LogP contribution in [-0.2, 0) is 14.3 Å². The first-order valence-electron chi connectivity index (χ1n) is 7.54. The Labute approximate surface area is 128 Å². The lowest BCUT2D eigenvalue weighted by Crippen LogP contribution is -2.50. The van der Waals surface area contributed by atoms with Crippen LogP contribution in [0.5, 0.6) is 0 Å². The van der Waals surface area contributed by atoms with Crippen LogP contribution in [0.1, 0.15) is 34.1 Å². The maximum Gasteiger partial charge on any atom is 0.239 e. The minimum Gasteiger partial charge on any atom is -0.383 e. The number of carbonyl (C=O) groups is 2. The summed E-state index contributed by atoms with van der Waals surface area (Å²) in [6.45, 7) is 9.27. The topological polar surface area (TPSA) is 70.7 Å². The Morgan fingerprint density at radius 3 is 2.29 bits per heavy atom. The lowest BCUT2D eigenvalue weighted by atomic mass is 10.1. The number of ether oxygens (including phenoxy) is 1. The fourth-order valence-electron chi connectivity index (χ4n) is 1.87. The van der Waals surface area contributed by atoms with Crippen molar-refractivity contribution >= 4 is 11.8 Å². The van der Waals surface area contributed by atoms with Gasteiger partial charge < -0.3 is 20.3 Å². The van der Waals surface area contributed by atoms with Crippen LogP contribution >= 0.6 is 0 Å². The zero-order valence-electron chi connectivity index (χ0n) is 14.2. The molecule has 6 nitrogen and oxygen atoms in total. The van der Waals surface area contributed by atoms with E-state index in [1.54, 1.807) is 19.1 Å². The molecule has 0 radical (unpaired) electrons. The molecule has 21 heavy (non-hydrogen) atoms. The number of nitrogens with zero attached hydrogens (tertiary/aromatic N) is 1. The summed E-state index contributed by atoms with van der Waals surface area (Å²) in [4.78, 5) is 25.5. The summed E-state index contributed by atoms with van der Waals surface area (Å²) >= 11 is 0. The van der Waals surface area contributed by atoms with Crippen molar-refractivity contribution in [3.8, 4) is 0 Å². The molecule has 0 unspecified atom stereocenters. The molecule has 1 atom stereocenters. The monoisotopic (exact) mass is 301 g/mol. The number of rotatable bonds is 10. The SMILES string of the molecule is COC[C@H](NC(C)C)C(=O)NCCN(C)C(=O)CC(C)C. The van der Waals surface area contributed by atoms with Gasteiger partial charge in [0.2, 0.25) is 11.8 Å². The van der Waals surface area contributed by atoms with E-state index in [0.717, 1.165) is 0 Å². The average molecular weight is 301 g/mol. The van der Waals surface area contributed by atoms with Gasteiger partial charge in [-0.1, -0.05) is 27.7 Å². The van der Waals surface area contributed by atoms with Crippen LogP contribution in [0.3, 0.4) is 0 Å². The molecule has 0 aliphatic rings. The minimum absolute atomic E-state index is 0.102. The second-order valence-electron chi connectivity index (χ2n) is 6.03. The molecule has 0 bridgehead atoms. The highest BCUT2D eigenvalue weighted by Gasteiger charge is 2.19. The zero-order chi connectivity index (χ0) is 16.4. The molecule has 0 spiro atoms. The Kier molecular flexibility index (Phi) is 9.99. The molecule has 0 saturated heterocycles. The molecule has 2 N–H and O–H groups in total. The molecular formula is C15H31N3O3. The summed E-state index contributed by atoms with van der Waals surface area (Å²) in [5.41, 5.74) is 0. The highest BCUT2D eigenvalue weighted by atomic mass is 16.5. The van der Waals surface area contributed by atoms with Gasteiger partial charge in [0.25, 0.3) is 0 Å². The second kappa shape index (κ2) is 10.6. The molecule has 6 heteroatoms. The van der Waals surface area contributed by atoms with E-state index in [-0.39, 0.29) is 23.9 Å². The van der Waals surface area contributed by atoms with Crippen molar-refractivity contribution in [3.63, 3.8) is 0 Å². The summed E-state index contributed by atoms with van der Waals surface area (Å²) in [5, 5.41) is 5.99. The summed E-state index contributed by atoms with van der Waals surface area (Å²) in [5.74, 6) is 0.346. The van der Waals surface area contributed by atoms with E-state index >= 15 is 0 Å². The van der Waals surface area contributed by atoms with Crippen LogP contribution in [0.15, 0.2) is 0 Å². The van der Waals surface area contributed by atoms with E-state index in [4.69, 9.17) is 4.74 Å². The second-order valence-corrected chi connectivity index (χ2v) is 6.03. The summed E-state index contributed by atoms with van der Waals surface area (Å²) in [6, 6.07) is -0.169. The third kappa shape index (κ3) is 9.42. The van der Waals surface area contributed by atoms with Crippen LogP contribution in [0, 0.1) is 5.92 Å². The highest BCUT2D eigenvalue weighted by Crippen LogP contribution is 2.02. The molecule has 2 amide bonds. The van der Waals surface area contributed by atoms with Crippen molar-refractivity contribution in [3.05, 3.63) is 0 Å². The van der Waals surface area contributed by atoms with E-state index in [1.807, 2.05) is 27.7 Å². The van der Waals surface area contributed by atoms with E-state index in [0.29, 0.717) is 32.0 Å². The fraction of sp³-hybridized carbons (Fsp3) is 0.867. The molecule has 0 heterocycles. The van der Waals surface area contributed by atoms with Crippen LogP contribution in [0.4, 0.5) is 0 Å². The molecular weight excluding hydrogens is 270 g/mol. The van der Waals surface area contributed by atoms with Crippen molar-refractivity contribution in [2.75, 3.05) is 33.9 Å². The molecule has 0 aromatic carbocycles. The van der Waals surface area contributed by atoms with E-state index < -0.39 is 0 Å². The van der Waals surface area contributed by atoms with E-state index in [9.17, 15) is 9.59 Å². The predicted octanol–water partition coefficient (Wildman–Crippen LogP) is 0.620. The molecule has 0 aromatic heterocycles. The molecule has 0 aromatic rings. The van der Waals surface area contributed by atoms with Crippen molar-refractivity contribution in [1.82, 2.24) is 15.5 Å². The molecule has 0 aliphatic carbocycles. The molecule has 124 valence electrons. The quantitative estimate of drug-likeness (QED) is 0.620. The smallest absolute Gasteiger partial charge is 0.239 e. The summed E-state index contributed by atoms with van der Waals surface area (Å²) in [7, 11) is 3.33. The lowest BCUT2D eigenvalue weighted by Gasteiger charge is -2.22. The number of nitrogens with one attached hydrogen (secondary N) is 2. The molecule has 0 fully saturated rings. The Morgan fingerprint density at radius 2 is 1.81 bits per heavy atom. The van der Waals surface area contributed by atoms with Gasteiger partial charge in [0.05, 0.1) is 6.61 Å². The van der Waals surface area contributed by atoms with E-state index in [2.05, 4.69) is 10.6 Å². The Hall–Kier alpha value is -1.14. The van der Waals surface area contributed by atoms with Crippen LogP contribution in [-0.4, -0.2) is 62.7 Å². The van der Waals surface area contributed by atoms with Crippen molar-refractivity contribution in [2.24, 2.45) is 5.92 Å². The van der Waals surface area contributed by atoms with Crippen LogP contribution in [0.25, 0.3) is 0 Å².